The van der Waals surface area contributed by atoms with Crippen LogP contribution in [0.5, 0.6) is 5.75 Å². The van der Waals surface area contributed by atoms with E-state index in [9.17, 15) is 18.9 Å². The highest BCUT2D eigenvalue weighted by molar-refractivity contribution is 8.01. The van der Waals surface area contributed by atoms with Crippen molar-refractivity contribution in [3.8, 4) is 5.75 Å². The minimum Gasteiger partial charge on any atom is -0.508 e. The summed E-state index contributed by atoms with van der Waals surface area (Å²) in [7, 11) is -2.45. The third-order valence-corrected chi connectivity index (χ3v) is 6.49. The molecule has 0 aromatic heterocycles. The summed E-state index contributed by atoms with van der Waals surface area (Å²) in [6.45, 7) is 7.58. The largest absolute Gasteiger partial charge is 0.508 e. The maximum atomic E-state index is 13.6. The first-order valence-electron chi connectivity index (χ1n) is 10.0. The van der Waals surface area contributed by atoms with Gasteiger partial charge in [0.25, 0.3) is 0 Å². The summed E-state index contributed by atoms with van der Waals surface area (Å²) in [5.74, 6) is -0.630. The van der Waals surface area contributed by atoms with Gasteiger partial charge in [0.05, 0.1) is 5.41 Å². The molecular formula is C23H34O4S. The van der Waals surface area contributed by atoms with Crippen LogP contribution in [0.2, 0.25) is 0 Å². The fourth-order valence-corrected chi connectivity index (χ4v) is 5.26. The van der Waals surface area contributed by atoms with Gasteiger partial charge in [-0.3, -0.25) is 13.8 Å². The molecule has 1 aliphatic carbocycles. The Morgan fingerprint density at radius 3 is 2.36 bits per heavy atom. The van der Waals surface area contributed by atoms with Crippen LogP contribution in [-0.4, -0.2) is 38.8 Å². The number of benzene rings is 1. The van der Waals surface area contributed by atoms with Gasteiger partial charge in [-0.05, 0) is 39.9 Å². The molecule has 1 saturated carbocycles. The molecule has 0 radical (unpaired) electrons. The zero-order valence-corrected chi connectivity index (χ0v) is 18.8. The molecule has 1 aliphatic rings. The summed E-state index contributed by atoms with van der Waals surface area (Å²) in [6.07, 6.45) is 6.42. The first-order valence-corrected chi connectivity index (χ1v) is 12.4. The molecule has 0 heterocycles. The smallest absolute Gasteiger partial charge is 0.177 e. The number of carbonyl (C=O) groups excluding carboxylic acids is 2. The van der Waals surface area contributed by atoms with Gasteiger partial charge in [0.1, 0.15) is 5.75 Å². The number of ketones is 2. The van der Waals surface area contributed by atoms with Gasteiger partial charge in [-0.2, -0.15) is 0 Å². The van der Waals surface area contributed by atoms with E-state index in [-0.39, 0.29) is 23.2 Å². The van der Waals surface area contributed by atoms with Crippen LogP contribution in [0.1, 0.15) is 64.9 Å². The molecule has 5 heteroatoms. The maximum absolute atomic E-state index is 13.6. The zero-order chi connectivity index (χ0) is 21.3. The highest BCUT2D eigenvalue weighted by Crippen LogP contribution is 2.62. The SMILES string of the molecule is CCCC[C@H]1C[C@@](C(=O)C=S(C)(C)=O)(C(=O)C(C)(C)C)[C@@H]1c1ccccc1O. The average Bonchev–Trinajstić information content (AvgIpc) is 2.53. The molecule has 3 atom stereocenters. The van der Waals surface area contributed by atoms with Gasteiger partial charge in [-0.15, -0.1) is 0 Å². The van der Waals surface area contributed by atoms with Crippen molar-refractivity contribution >= 4 is 26.5 Å². The molecular weight excluding hydrogens is 372 g/mol. The quantitative estimate of drug-likeness (QED) is 0.544. The standard InChI is InChI=1S/C23H34O4S/c1-7-8-11-16-14-23(21(26)22(2,3)4,19(25)15-28(5,6)27)20(16)17-12-9-10-13-18(17)24/h9-10,12-13,15-16,20,24H,7-8,11,14H2,1-6H3/t16-,20-,23-/m0/s1. The van der Waals surface area contributed by atoms with Gasteiger partial charge in [0, 0.05) is 29.2 Å². The van der Waals surface area contributed by atoms with E-state index in [2.05, 4.69) is 6.92 Å². The Morgan fingerprint density at radius 2 is 1.86 bits per heavy atom. The fraction of sp³-hybridized carbons (Fsp3) is 0.609. The summed E-state index contributed by atoms with van der Waals surface area (Å²) < 4.78 is 12.4. The molecule has 0 spiro atoms. The molecule has 2 rings (SSSR count). The van der Waals surface area contributed by atoms with Gasteiger partial charge in [0.15, 0.2) is 11.6 Å². The van der Waals surface area contributed by atoms with Crippen LogP contribution in [0.15, 0.2) is 24.3 Å². The van der Waals surface area contributed by atoms with Crippen molar-refractivity contribution < 1.29 is 18.9 Å². The van der Waals surface area contributed by atoms with Gasteiger partial charge >= 0.3 is 0 Å². The Balaban J connectivity index is 2.68. The number of Topliss-reactive ketones (excluding diaryl/α,β-unsaturated/α-hetero) is 2. The second kappa shape index (κ2) is 8.02. The van der Waals surface area contributed by atoms with Crippen LogP contribution in [0, 0.1) is 16.7 Å². The highest BCUT2D eigenvalue weighted by Gasteiger charge is 2.64. The van der Waals surface area contributed by atoms with E-state index in [1.165, 1.54) is 17.9 Å². The second-order valence-corrected chi connectivity index (χ2v) is 12.3. The molecule has 0 unspecified atom stereocenters. The molecule has 0 saturated heterocycles. The Morgan fingerprint density at radius 1 is 1.25 bits per heavy atom. The lowest BCUT2D eigenvalue weighted by molar-refractivity contribution is -0.156. The molecule has 1 aromatic rings. The van der Waals surface area contributed by atoms with Crippen LogP contribution >= 0.6 is 0 Å². The van der Waals surface area contributed by atoms with Crippen LogP contribution in [0.3, 0.4) is 0 Å². The normalized spacial score (nSPS) is 25.1. The average molecular weight is 407 g/mol. The molecule has 0 amide bonds. The first-order chi connectivity index (χ1) is 12.8. The summed E-state index contributed by atoms with van der Waals surface area (Å²) in [5.41, 5.74) is -1.33. The molecule has 0 aliphatic heterocycles. The predicted octanol–water partition coefficient (Wildman–Crippen LogP) is 4.20. The van der Waals surface area contributed by atoms with Crippen LogP contribution in [0.25, 0.3) is 0 Å². The molecule has 1 N–H and O–H groups in total. The van der Waals surface area contributed by atoms with E-state index >= 15 is 0 Å². The van der Waals surface area contributed by atoms with Crippen LogP contribution in [0.4, 0.5) is 0 Å². The zero-order valence-electron chi connectivity index (χ0n) is 18.0. The molecule has 0 bridgehead atoms. The summed E-state index contributed by atoms with van der Waals surface area (Å²) in [5, 5.41) is 11.8. The van der Waals surface area contributed by atoms with Crippen molar-refractivity contribution in [3.05, 3.63) is 29.8 Å². The molecule has 156 valence electrons. The van der Waals surface area contributed by atoms with Crippen molar-refractivity contribution in [1.82, 2.24) is 0 Å². The number of phenolic OH excluding ortho intramolecular Hbond substituents is 1. The minimum atomic E-state index is -2.45. The Labute approximate surface area is 169 Å². The van der Waals surface area contributed by atoms with Gasteiger partial charge in [0.2, 0.25) is 0 Å². The van der Waals surface area contributed by atoms with Crippen LogP contribution < -0.4 is 0 Å². The molecule has 4 nitrogen and oxygen atoms in total. The highest BCUT2D eigenvalue weighted by atomic mass is 32.2. The van der Waals surface area contributed by atoms with E-state index in [0.29, 0.717) is 12.0 Å². The third kappa shape index (κ3) is 4.35. The Bertz CT molecular complexity index is 863. The number of rotatable bonds is 7. The van der Waals surface area contributed by atoms with Crippen molar-refractivity contribution in [3.63, 3.8) is 0 Å². The van der Waals surface area contributed by atoms with Gasteiger partial charge in [-0.1, -0.05) is 58.7 Å². The number of para-hydroxylation sites is 1. The second-order valence-electron chi connectivity index (χ2n) is 9.48. The summed E-state index contributed by atoms with van der Waals surface area (Å²) in [6, 6.07) is 6.98. The monoisotopic (exact) mass is 406 g/mol. The first kappa shape index (κ1) is 22.7. The fourth-order valence-electron chi connectivity index (χ4n) is 4.54. The lowest BCUT2D eigenvalue weighted by Crippen LogP contribution is -2.60. The van der Waals surface area contributed by atoms with E-state index in [1.54, 1.807) is 12.1 Å². The molecule has 28 heavy (non-hydrogen) atoms. The van der Waals surface area contributed by atoms with Crippen molar-refractivity contribution in [2.45, 2.75) is 59.3 Å². The topological polar surface area (TPSA) is 71.4 Å². The van der Waals surface area contributed by atoms with E-state index in [1.807, 2.05) is 32.9 Å². The molecule has 1 fully saturated rings. The number of aromatic hydroxyl groups is 1. The summed E-state index contributed by atoms with van der Waals surface area (Å²) in [4.78, 5) is 27.0. The number of phenols is 1. The number of hydrogen-bond acceptors (Lipinski definition) is 4. The maximum Gasteiger partial charge on any atom is 0.177 e. The lowest BCUT2D eigenvalue weighted by atomic mass is 9.45. The van der Waals surface area contributed by atoms with Crippen molar-refractivity contribution in [1.29, 1.82) is 0 Å². The predicted molar refractivity (Wildman–Crippen MR) is 116 cm³/mol. The van der Waals surface area contributed by atoms with Crippen molar-refractivity contribution in [2.24, 2.45) is 16.7 Å². The summed E-state index contributed by atoms with van der Waals surface area (Å²) >= 11 is 0. The van der Waals surface area contributed by atoms with E-state index < -0.39 is 26.3 Å². The third-order valence-electron chi connectivity index (χ3n) is 5.70. The number of unbranched alkanes of at least 4 members (excludes halogenated alkanes) is 1. The number of carbonyl (C=O) groups is 2. The van der Waals surface area contributed by atoms with E-state index in [4.69, 9.17) is 0 Å². The Kier molecular flexibility index (Phi) is 6.49. The number of hydrogen-bond donors (Lipinski definition) is 1. The minimum absolute atomic E-state index is 0.112. The molecule has 1 aromatic carbocycles. The van der Waals surface area contributed by atoms with E-state index in [0.717, 1.165) is 19.3 Å². The van der Waals surface area contributed by atoms with Gasteiger partial charge < -0.3 is 5.11 Å². The van der Waals surface area contributed by atoms with Crippen LogP contribution in [-0.2, 0) is 19.1 Å². The van der Waals surface area contributed by atoms with Crippen molar-refractivity contribution in [2.75, 3.05) is 12.5 Å². The van der Waals surface area contributed by atoms with Gasteiger partial charge in [-0.25, -0.2) is 0 Å². The lowest BCUT2D eigenvalue weighted by Gasteiger charge is -2.55. The Hall–Kier alpha value is -1.62.